The molecule has 6 nitrogen and oxygen atoms in total. The first-order valence-electron chi connectivity index (χ1n) is 9.10. The van der Waals surface area contributed by atoms with Crippen molar-refractivity contribution in [3.63, 3.8) is 0 Å². The normalized spacial score (nSPS) is 14.9. The van der Waals surface area contributed by atoms with Crippen molar-refractivity contribution < 1.29 is 24.2 Å². The van der Waals surface area contributed by atoms with Gasteiger partial charge in [0.2, 0.25) is 13.3 Å². The first-order valence-corrected chi connectivity index (χ1v) is 11.1. The van der Waals surface area contributed by atoms with Gasteiger partial charge in [-0.15, -0.1) is 0 Å². The lowest BCUT2D eigenvalue weighted by atomic mass is 10.1. The van der Waals surface area contributed by atoms with Gasteiger partial charge >= 0.3 is 5.97 Å². The van der Waals surface area contributed by atoms with E-state index in [2.05, 4.69) is 6.92 Å². The van der Waals surface area contributed by atoms with Crippen LogP contribution in [0.5, 0.6) is 0 Å². The minimum absolute atomic E-state index is 0.0208. The molecule has 2 atom stereocenters. The van der Waals surface area contributed by atoms with Crippen LogP contribution in [-0.2, 0) is 14.2 Å². The topological polar surface area (TPSA) is 118 Å². The van der Waals surface area contributed by atoms with Crippen LogP contribution >= 0.6 is 7.37 Å². The summed E-state index contributed by atoms with van der Waals surface area (Å²) in [5.74, 6) is -2.71. The average Bonchev–Trinajstić information content (AvgIpc) is 2.49. The van der Waals surface area contributed by atoms with Crippen LogP contribution in [0.3, 0.4) is 0 Å². The minimum Gasteiger partial charge on any atom is -0.481 e. The van der Waals surface area contributed by atoms with Crippen LogP contribution in [0.4, 0.5) is 0 Å². The van der Waals surface area contributed by atoms with Crippen molar-refractivity contribution in [2.75, 3.05) is 12.3 Å². The van der Waals surface area contributed by atoms with Crippen LogP contribution in [0.15, 0.2) is 0 Å². The molecule has 24 heavy (non-hydrogen) atoms. The zero-order valence-corrected chi connectivity index (χ0v) is 15.8. The molecule has 4 N–H and O–H groups in total. The van der Waals surface area contributed by atoms with Gasteiger partial charge < -0.3 is 15.7 Å². The molecule has 2 unspecified atom stereocenters. The number of amides is 1. The Labute approximate surface area is 145 Å². The lowest BCUT2D eigenvalue weighted by molar-refractivity contribution is -0.141. The summed E-state index contributed by atoms with van der Waals surface area (Å²) in [6.07, 6.45) is 9.85. The zero-order chi connectivity index (χ0) is 18.4. The molecule has 0 saturated carbocycles. The maximum atomic E-state index is 12.2. The second-order valence-electron chi connectivity index (χ2n) is 6.62. The molecule has 0 aromatic heterocycles. The smallest absolute Gasteiger partial charge is 0.307 e. The van der Waals surface area contributed by atoms with Crippen LogP contribution in [-0.4, -0.2) is 34.2 Å². The van der Waals surface area contributed by atoms with Crippen LogP contribution in [0.25, 0.3) is 0 Å². The summed E-state index contributed by atoms with van der Waals surface area (Å²) in [5, 5.41) is 9.10. The molecule has 1 amide bonds. The van der Waals surface area contributed by atoms with Gasteiger partial charge in [0.1, 0.15) is 0 Å². The summed E-state index contributed by atoms with van der Waals surface area (Å²) in [5.41, 5.74) is 5.01. The highest BCUT2D eigenvalue weighted by atomic mass is 31.2. The highest BCUT2D eigenvalue weighted by molar-refractivity contribution is 7.58. The number of carbonyl (C=O) groups excluding carboxylic acids is 1. The summed E-state index contributed by atoms with van der Waals surface area (Å²) in [4.78, 5) is 31.8. The van der Waals surface area contributed by atoms with Crippen LogP contribution in [0, 0.1) is 5.92 Å². The zero-order valence-electron chi connectivity index (χ0n) is 14.9. The van der Waals surface area contributed by atoms with Gasteiger partial charge in [0, 0.05) is 18.7 Å². The van der Waals surface area contributed by atoms with Crippen molar-refractivity contribution in [1.29, 1.82) is 0 Å². The van der Waals surface area contributed by atoms with E-state index in [4.69, 9.17) is 10.8 Å². The van der Waals surface area contributed by atoms with Crippen molar-refractivity contribution in [3.8, 4) is 0 Å². The summed E-state index contributed by atoms with van der Waals surface area (Å²) < 4.78 is 12.2. The Kier molecular flexibility index (Phi) is 12.9. The van der Waals surface area contributed by atoms with Gasteiger partial charge in [-0.3, -0.25) is 14.2 Å². The van der Waals surface area contributed by atoms with Crippen LogP contribution in [0.1, 0.15) is 77.6 Å². The van der Waals surface area contributed by atoms with Gasteiger partial charge in [0.25, 0.3) is 0 Å². The van der Waals surface area contributed by atoms with E-state index < -0.39 is 25.2 Å². The number of hydrogen-bond donors (Lipinski definition) is 3. The molecular weight excluding hydrogens is 329 g/mol. The number of primary amides is 1. The van der Waals surface area contributed by atoms with E-state index in [0.29, 0.717) is 6.42 Å². The molecule has 0 aliphatic rings. The molecule has 0 aromatic carbocycles. The maximum Gasteiger partial charge on any atom is 0.307 e. The largest absolute Gasteiger partial charge is 0.481 e. The number of carboxylic acids is 1. The highest BCUT2D eigenvalue weighted by Gasteiger charge is 2.28. The molecule has 0 heterocycles. The number of nitrogens with two attached hydrogens (primary N) is 1. The Balaban J connectivity index is 3.92. The number of carboxylic acid groups (broad SMARTS) is 1. The first-order chi connectivity index (χ1) is 11.3. The van der Waals surface area contributed by atoms with Gasteiger partial charge in [-0.25, -0.2) is 0 Å². The Morgan fingerprint density at radius 1 is 1.00 bits per heavy atom. The van der Waals surface area contributed by atoms with Crippen molar-refractivity contribution in [1.82, 2.24) is 0 Å². The molecule has 0 aromatic rings. The summed E-state index contributed by atoms with van der Waals surface area (Å²) >= 11 is 0. The number of rotatable bonds is 16. The third-order valence-electron chi connectivity index (χ3n) is 4.21. The van der Waals surface area contributed by atoms with Gasteiger partial charge in [0.05, 0.1) is 5.92 Å². The molecule has 0 fully saturated rings. The van der Waals surface area contributed by atoms with Crippen molar-refractivity contribution in [2.45, 2.75) is 77.6 Å². The number of carbonyl (C=O) groups is 2. The van der Waals surface area contributed by atoms with E-state index in [-0.39, 0.29) is 25.2 Å². The quantitative estimate of drug-likeness (QED) is 0.285. The predicted octanol–water partition coefficient (Wildman–Crippen LogP) is 3.75. The SMILES string of the molecule is CCCCCCCCCCCP(=O)(O)CC(CCC(N)=O)C(=O)O. The van der Waals surface area contributed by atoms with E-state index in [1.807, 2.05) is 0 Å². The summed E-state index contributed by atoms with van der Waals surface area (Å²) in [7, 11) is -3.47. The van der Waals surface area contributed by atoms with Gasteiger partial charge in [-0.05, 0) is 12.8 Å². The molecule has 0 bridgehead atoms. The Morgan fingerprint density at radius 3 is 1.96 bits per heavy atom. The third kappa shape index (κ3) is 13.6. The van der Waals surface area contributed by atoms with Gasteiger partial charge in [0.15, 0.2) is 0 Å². The standard InChI is InChI=1S/C17H34NO5P/c1-2-3-4-5-6-7-8-9-10-13-24(22,23)14-15(17(20)21)11-12-16(18)19/h15H,2-14H2,1H3,(H2,18,19)(H,20,21)(H,22,23). The fraction of sp³-hybridized carbons (Fsp3) is 0.882. The Morgan fingerprint density at radius 2 is 1.50 bits per heavy atom. The highest BCUT2D eigenvalue weighted by Crippen LogP contribution is 2.44. The van der Waals surface area contributed by atoms with Gasteiger partial charge in [-0.1, -0.05) is 58.3 Å². The minimum atomic E-state index is -3.47. The molecule has 0 aliphatic carbocycles. The Bertz CT molecular complexity index is 414. The first kappa shape index (κ1) is 23.1. The second-order valence-corrected chi connectivity index (χ2v) is 9.13. The fourth-order valence-corrected chi connectivity index (χ4v) is 4.64. The van der Waals surface area contributed by atoms with E-state index in [1.54, 1.807) is 0 Å². The van der Waals surface area contributed by atoms with Gasteiger partial charge in [-0.2, -0.15) is 0 Å². The maximum absolute atomic E-state index is 12.2. The van der Waals surface area contributed by atoms with E-state index >= 15 is 0 Å². The number of hydrogen-bond acceptors (Lipinski definition) is 3. The monoisotopic (exact) mass is 363 g/mol. The summed E-state index contributed by atoms with van der Waals surface area (Å²) in [6, 6.07) is 0. The van der Waals surface area contributed by atoms with E-state index in [0.717, 1.165) is 19.3 Å². The molecule has 0 spiro atoms. The summed E-state index contributed by atoms with van der Waals surface area (Å²) in [6.45, 7) is 2.19. The molecule has 0 rings (SSSR count). The molecule has 0 saturated heterocycles. The lowest BCUT2D eigenvalue weighted by Crippen LogP contribution is -2.22. The number of aliphatic carboxylic acids is 1. The lowest BCUT2D eigenvalue weighted by Gasteiger charge is -2.16. The number of unbranched alkanes of at least 4 members (excludes halogenated alkanes) is 8. The molecule has 0 aliphatic heterocycles. The molecule has 142 valence electrons. The molecular formula is C17H34NO5P. The molecule has 7 heteroatoms. The third-order valence-corrected chi connectivity index (χ3v) is 6.23. The van der Waals surface area contributed by atoms with Crippen molar-refractivity contribution in [3.05, 3.63) is 0 Å². The van der Waals surface area contributed by atoms with Crippen molar-refractivity contribution >= 4 is 19.2 Å². The van der Waals surface area contributed by atoms with E-state index in [1.165, 1.54) is 32.1 Å². The second kappa shape index (κ2) is 13.4. The van der Waals surface area contributed by atoms with Crippen LogP contribution < -0.4 is 5.73 Å². The average molecular weight is 363 g/mol. The Hall–Kier alpha value is -0.870. The van der Waals surface area contributed by atoms with Crippen molar-refractivity contribution in [2.24, 2.45) is 11.7 Å². The predicted molar refractivity (Wildman–Crippen MR) is 96.3 cm³/mol. The van der Waals surface area contributed by atoms with Crippen LogP contribution in [0.2, 0.25) is 0 Å². The van der Waals surface area contributed by atoms with E-state index in [9.17, 15) is 19.0 Å². The molecule has 0 radical (unpaired) electrons. The fourth-order valence-electron chi connectivity index (χ4n) is 2.71.